The van der Waals surface area contributed by atoms with E-state index in [4.69, 9.17) is 4.42 Å². The Morgan fingerprint density at radius 3 is 2.75 bits per heavy atom. The average molecular weight is 418 g/mol. The Morgan fingerprint density at radius 2 is 2.04 bits per heavy atom. The lowest BCUT2D eigenvalue weighted by Crippen LogP contribution is -2.27. The van der Waals surface area contributed by atoms with Crippen molar-refractivity contribution in [3.63, 3.8) is 0 Å². The molecule has 4 rings (SSSR count). The molecule has 1 aliphatic heterocycles. The van der Waals surface area contributed by atoms with Crippen LogP contribution < -0.4 is 5.32 Å². The second kappa shape index (κ2) is 7.50. The summed E-state index contributed by atoms with van der Waals surface area (Å²) in [4.78, 5) is 16.7. The van der Waals surface area contributed by atoms with Gasteiger partial charge in [-0.05, 0) is 56.2 Å². The lowest BCUT2D eigenvalue weighted by Gasteiger charge is -2.15. The van der Waals surface area contributed by atoms with Crippen molar-refractivity contribution in [3.8, 4) is 0 Å². The quantitative estimate of drug-likeness (QED) is 0.640. The van der Waals surface area contributed by atoms with Crippen molar-refractivity contribution in [3.05, 3.63) is 47.9 Å². The molecule has 146 valence electrons. The monoisotopic (exact) mass is 417 g/mol. The molecule has 0 atom stereocenters. The molecule has 3 heterocycles. The number of hydrogen-bond donors (Lipinski definition) is 1. The molecule has 1 aliphatic rings. The van der Waals surface area contributed by atoms with Crippen molar-refractivity contribution < 1.29 is 17.6 Å². The van der Waals surface area contributed by atoms with E-state index in [0.717, 1.165) is 18.6 Å². The number of carbonyl (C=O) groups is 1. The summed E-state index contributed by atoms with van der Waals surface area (Å²) in [6.45, 7) is 2.95. The first-order valence-corrected chi connectivity index (χ1v) is 11.1. The molecular weight excluding hydrogens is 398 g/mol. The maximum absolute atomic E-state index is 12.7. The summed E-state index contributed by atoms with van der Waals surface area (Å²) in [5.74, 6) is 1.03. The number of sulfonamides is 1. The van der Waals surface area contributed by atoms with Gasteiger partial charge in [-0.25, -0.2) is 13.4 Å². The fraction of sp³-hybridized carbons (Fsp3) is 0.263. The fourth-order valence-electron chi connectivity index (χ4n) is 3.04. The van der Waals surface area contributed by atoms with E-state index in [2.05, 4.69) is 10.3 Å². The minimum atomic E-state index is -3.48. The highest BCUT2D eigenvalue weighted by molar-refractivity contribution is 7.89. The van der Waals surface area contributed by atoms with Gasteiger partial charge < -0.3 is 4.42 Å². The van der Waals surface area contributed by atoms with Crippen LogP contribution in [0.4, 0.5) is 5.13 Å². The van der Waals surface area contributed by atoms with Crippen LogP contribution in [0, 0.1) is 6.92 Å². The lowest BCUT2D eigenvalue weighted by molar-refractivity contribution is -0.111. The van der Waals surface area contributed by atoms with Crippen LogP contribution in [0.1, 0.15) is 24.4 Å². The Bertz CT molecular complexity index is 1160. The third kappa shape index (κ3) is 3.87. The third-order valence-corrected chi connectivity index (χ3v) is 7.28. The average Bonchev–Trinajstić information content (AvgIpc) is 3.39. The normalized spacial score (nSPS) is 15.6. The molecular formula is C19H19N3O4S2. The number of carbonyl (C=O) groups excluding carboxylic acids is 1. The molecule has 0 unspecified atom stereocenters. The second-order valence-corrected chi connectivity index (χ2v) is 9.50. The van der Waals surface area contributed by atoms with Crippen LogP contribution in [0.25, 0.3) is 16.3 Å². The molecule has 7 nitrogen and oxygen atoms in total. The number of aromatic nitrogens is 1. The number of thiazole rings is 1. The number of benzene rings is 1. The van der Waals surface area contributed by atoms with Gasteiger partial charge in [0.05, 0.1) is 15.1 Å². The molecule has 2 aromatic heterocycles. The van der Waals surface area contributed by atoms with Gasteiger partial charge in [0.1, 0.15) is 11.5 Å². The molecule has 1 fully saturated rings. The molecule has 0 bridgehead atoms. The van der Waals surface area contributed by atoms with Crippen molar-refractivity contribution in [2.45, 2.75) is 24.7 Å². The van der Waals surface area contributed by atoms with E-state index in [0.29, 0.717) is 34.2 Å². The van der Waals surface area contributed by atoms with Crippen molar-refractivity contribution in [1.29, 1.82) is 0 Å². The van der Waals surface area contributed by atoms with Gasteiger partial charge in [0.15, 0.2) is 5.13 Å². The van der Waals surface area contributed by atoms with Gasteiger partial charge >= 0.3 is 0 Å². The summed E-state index contributed by atoms with van der Waals surface area (Å²) >= 11 is 1.24. The van der Waals surface area contributed by atoms with Crippen molar-refractivity contribution >= 4 is 48.7 Å². The number of nitrogens with zero attached hydrogens (tertiary/aromatic N) is 2. The standard InChI is InChI=1S/C19H19N3O4S2/c1-13-4-5-14(26-13)6-9-18(23)21-19-20-16-8-7-15(12-17(16)27-19)28(24,25)22-10-2-3-11-22/h4-9,12H,2-3,10-11H2,1H3,(H,20,21,23)/b9-6-. The van der Waals surface area contributed by atoms with Crippen LogP contribution in [0.15, 0.2) is 45.7 Å². The number of furan rings is 1. The number of rotatable bonds is 5. The van der Waals surface area contributed by atoms with Crippen LogP contribution >= 0.6 is 11.3 Å². The van der Waals surface area contributed by atoms with E-state index in [1.165, 1.54) is 21.7 Å². The highest BCUT2D eigenvalue weighted by atomic mass is 32.2. The maximum Gasteiger partial charge on any atom is 0.250 e. The van der Waals surface area contributed by atoms with E-state index < -0.39 is 10.0 Å². The van der Waals surface area contributed by atoms with Crippen LogP contribution in [-0.4, -0.2) is 36.7 Å². The molecule has 0 spiro atoms. The predicted octanol–water partition coefficient (Wildman–Crippen LogP) is 3.63. The van der Waals surface area contributed by atoms with E-state index in [1.54, 1.807) is 30.3 Å². The molecule has 1 N–H and O–H groups in total. The number of anilines is 1. The molecule has 28 heavy (non-hydrogen) atoms. The minimum Gasteiger partial charge on any atom is -0.462 e. The van der Waals surface area contributed by atoms with Crippen LogP contribution in [0.2, 0.25) is 0 Å². The van der Waals surface area contributed by atoms with Crippen LogP contribution in [0.3, 0.4) is 0 Å². The Kier molecular flexibility index (Phi) is 5.05. The maximum atomic E-state index is 12.7. The van der Waals surface area contributed by atoms with E-state index in [1.807, 2.05) is 13.0 Å². The largest absolute Gasteiger partial charge is 0.462 e. The zero-order chi connectivity index (χ0) is 19.7. The number of fused-ring (bicyclic) bond motifs is 1. The second-order valence-electron chi connectivity index (χ2n) is 6.53. The van der Waals surface area contributed by atoms with Crippen molar-refractivity contribution in [1.82, 2.24) is 9.29 Å². The molecule has 1 aromatic carbocycles. The minimum absolute atomic E-state index is 0.261. The van der Waals surface area contributed by atoms with Gasteiger partial charge in [-0.2, -0.15) is 4.31 Å². The molecule has 1 saturated heterocycles. The Hall–Kier alpha value is -2.49. The Balaban J connectivity index is 1.51. The number of hydrogen-bond acceptors (Lipinski definition) is 6. The van der Waals surface area contributed by atoms with Crippen LogP contribution in [0.5, 0.6) is 0 Å². The van der Waals surface area contributed by atoms with Crippen LogP contribution in [-0.2, 0) is 14.8 Å². The van der Waals surface area contributed by atoms with Gasteiger partial charge in [-0.3, -0.25) is 10.1 Å². The third-order valence-electron chi connectivity index (χ3n) is 4.45. The van der Waals surface area contributed by atoms with Gasteiger partial charge in [-0.15, -0.1) is 0 Å². The molecule has 9 heteroatoms. The zero-order valence-electron chi connectivity index (χ0n) is 15.2. The highest BCUT2D eigenvalue weighted by Gasteiger charge is 2.27. The smallest absolute Gasteiger partial charge is 0.250 e. The molecule has 0 aliphatic carbocycles. The molecule has 0 saturated carbocycles. The summed E-state index contributed by atoms with van der Waals surface area (Å²) in [5.41, 5.74) is 0.645. The topological polar surface area (TPSA) is 92.5 Å². The van der Waals surface area contributed by atoms with Gasteiger partial charge in [0.25, 0.3) is 0 Å². The molecule has 0 radical (unpaired) electrons. The zero-order valence-corrected chi connectivity index (χ0v) is 16.8. The number of amides is 1. The highest BCUT2D eigenvalue weighted by Crippen LogP contribution is 2.30. The van der Waals surface area contributed by atoms with E-state index in [9.17, 15) is 13.2 Å². The predicted molar refractivity (Wildman–Crippen MR) is 109 cm³/mol. The number of nitrogens with one attached hydrogen (secondary N) is 1. The van der Waals surface area contributed by atoms with Gasteiger partial charge in [-0.1, -0.05) is 11.3 Å². The first kappa shape index (κ1) is 18.9. The SMILES string of the molecule is Cc1ccc(/C=C\C(=O)Nc2nc3ccc(S(=O)(=O)N4CCCC4)cc3s2)o1. The van der Waals surface area contributed by atoms with Crippen molar-refractivity contribution in [2.24, 2.45) is 0 Å². The van der Waals surface area contributed by atoms with E-state index in [-0.39, 0.29) is 10.8 Å². The fourth-order valence-corrected chi connectivity index (χ4v) is 5.57. The Morgan fingerprint density at radius 1 is 1.25 bits per heavy atom. The summed E-state index contributed by atoms with van der Waals surface area (Å²) in [7, 11) is -3.48. The summed E-state index contributed by atoms with van der Waals surface area (Å²) in [5, 5.41) is 3.11. The van der Waals surface area contributed by atoms with Gasteiger partial charge in [0.2, 0.25) is 15.9 Å². The summed E-state index contributed by atoms with van der Waals surface area (Å²) in [6.07, 6.45) is 4.73. The summed E-state index contributed by atoms with van der Waals surface area (Å²) in [6, 6.07) is 8.46. The Labute approximate surface area is 166 Å². The summed E-state index contributed by atoms with van der Waals surface area (Å²) < 4.78 is 33.0. The molecule has 1 amide bonds. The first-order chi connectivity index (χ1) is 13.4. The number of aryl methyl sites for hydroxylation is 1. The van der Waals surface area contributed by atoms with Crippen molar-refractivity contribution in [2.75, 3.05) is 18.4 Å². The molecule has 3 aromatic rings. The first-order valence-electron chi connectivity index (χ1n) is 8.88. The van der Waals surface area contributed by atoms with E-state index >= 15 is 0 Å². The van der Waals surface area contributed by atoms with Gasteiger partial charge in [0, 0.05) is 19.2 Å². The lowest BCUT2D eigenvalue weighted by atomic mass is 10.3.